The van der Waals surface area contributed by atoms with Gasteiger partial charge in [0.2, 0.25) is 5.91 Å². The molecule has 0 aliphatic carbocycles. The zero-order valence-corrected chi connectivity index (χ0v) is 15.1. The highest BCUT2D eigenvalue weighted by molar-refractivity contribution is 5.96. The van der Waals surface area contributed by atoms with Crippen LogP contribution in [0.25, 0.3) is 0 Å². The lowest BCUT2D eigenvalue weighted by Gasteiger charge is -2.53. The third kappa shape index (κ3) is 2.06. The Balaban J connectivity index is 1.68. The molecule has 0 saturated carbocycles. The molecule has 0 radical (unpaired) electrons. The first-order valence-electron chi connectivity index (χ1n) is 9.78. The van der Waals surface area contributed by atoms with E-state index in [-0.39, 0.29) is 5.78 Å². The van der Waals surface area contributed by atoms with Crippen LogP contribution in [-0.2, 0) is 4.79 Å². The highest BCUT2D eigenvalue weighted by atomic mass is 16.2. The number of benzene rings is 1. The molecule has 3 saturated heterocycles. The van der Waals surface area contributed by atoms with Crippen molar-refractivity contribution in [1.82, 2.24) is 4.90 Å². The number of ketones is 1. The van der Waals surface area contributed by atoms with Crippen LogP contribution in [0.4, 0.5) is 5.69 Å². The zero-order valence-electron chi connectivity index (χ0n) is 15.1. The average molecular weight is 338 g/mol. The number of nitrogens with zero attached hydrogens (tertiary/aromatic N) is 2. The van der Waals surface area contributed by atoms with Crippen molar-refractivity contribution >= 4 is 17.4 Å². The summed E-state index contributed by atoms with van der Waals surface area (Å²) in [4.78, 5) is 29.4. The van der Waals surface area contributed by atoms with Crippen LogP contribution in [0, 0.1) is 12.8 Å². The van der Waals surface area contributed by atoms with E-state index in [9.17, 15) is 9.59 Å². The molecule has 0 unspecified atom stereocenters. The molecule has 1 aromatic rings. The first-order valence-corrected chi connectivity index (χ1v) is 9.78. The number of rotatable bonds is 1. The summed E-state index contributed by atoms with van der Waals surface area (Å²) in [7, 11) is 0. The number of aryl methyl sites for hydroxylation is 1. The molecule has 4 heterocycles. The lowest BCUT2D eigenvalue weighted by Crippen LogP contribution is -2.61. The molecule has 5 rings (SSSR count). The van der Waals surface area contributed by atoms with E-state index in [1.54, 1.807) is 6.92 Å². The average Bonchev–Trinajstić information content (AvgIpc) is 2.93. The highest BCUT2D eigenvalue weighted by Gasteiger charge is 2.54. The number of carbonyl (C=O) groups excluding carboxylic acids is 2. The summed E-state index contributed by atoms with van der Waals surface area (Å²) in [5.74, 6) is 1.51. The minimum atomic E-state index is 0.142. The Morgan fingerprint density at radius 1 is 1.16 bits per heavy atom. The summed E-state index contributed by atoms with van der Waals surface area (Å²) >= 11 is 0. The smallest absolute Gasteiger partial charge is 0.222 e. The van der Waals surface area contributed by atoms with Gasteiger partial charge in [0.1, 0.15) is 0 Å². The first kappa shape index (κ1) is 15.4. The van der Waals surface area contributed by atoms with Crippen molar-refractivity contribution in [2.75, 3.05) is 18.0 Å². The van der Waals surface area contributed by atoms with E-state index in [1.165, 1.54) is 29.7 Å². The maximum absolute atomic E-state index is 12.6. The summed E-state index contributed by atoms with van der Waals surface area (Å²) in [5, 5.41) is 0. The molecule has 1 aromatic carbocycles. The molecule has 4 aliphatic heterocycles. The quantitative estimate of drug-likeness (QED) is 0.738. The molecule has 4 heteroatoms. The van der Waals surface area contributed by atoms with Gasteiger partial charge < -0.3 is 9.80 Å². The van der Waals surface area contributed by atoms with E-state index in [0.29, 0.717) is 29.8 Å². The Bertz CT molecular complexity index is 771. The SMILES string of the molecule is CC(=O)c1cc(C)c2c(c1)N1CCC[C@H]3CN4C(=O)CCC[C@@H]4[C@@H]2[C@H]31. The molecule has 4 aliphatic rings. The summed E-state index contributed by atoms with van der Waals surface area (Å²) in [6.45, 7) is 5.84. The number of fused-ring (bicyclic) bond motifs is 5. The van der Waals surface area contributed by atoms with Gasteiger partial charge in [-0.1, -0.05) is 0 Å². The number of anilines is 1. The van der Waals surface area contributed by atoms with E-state index in [4.69, 9.17) is 0 Å². The van der Waals surface area contributed by atoms with Crippen LogP contribution < -0.4 is 4.90 Å². The Morgan fingerprint density at radius 2 is 2.00 bits per heavy atom. The van der Waals surface area contributed by atoms with Crippen molar-refractivity contribution in [3.05, 3.63) is 28.8 Å². The molecule has 1 amide bonds. The Hall–Kier alpha value is -1.84. The van der Waals surface area contributed by atoms with Crippen molar-refractivity contribution in [2.45, 2.75) is 64.0 Å². The monoisotopic (exact) mass is 338 g/mol. The van der Waals surface area contributed by atoms with Crippen molar-refractivity contribution in [3.8, 4) is 0 Å². The Morgan fingerprint density at radius 3 is 2.80 bits per heavy atom. The molecule has 4 atom stereocenters. The number of amides is 1. The standard InChI is InChI=1S/C21H26N2O2/c1-12-9-15(13(2)24)10-17-19(12)20-16-6-3-7-18(25)23(16)11-14-5-4-8-22(17)21(14)20/h9-10,14,16,20-21H,3-8,11H2,1-2H3/t14-,16+,20-,21-/m0/s1. The molecule has 0 aromatic heterocycles. The van der Waals surface area contributed by atoms with Gasteiger partial charge in [-0.3, -0.25) is 9.59 Å². The number of Topliss-reactive ketones (excluding diaryl/α,β-unsaturated/α-hetero) is 1. The minimum absolute atomic E-state index is 0.142. The second-order valence-corrected chi connectivity index (χ2v) is 8.40. The first-order chi connectivity index (χ1) is 12.1. The van der Waals surface area contributed by atoms with E-state index in [2.05, 4.69) is 28.9 Å². The molecule has 0 spiro atoms. The molecule has 3 fully saturated rings. The minimum Gasteiger partial charge on any atom is -0.367 e. The lowest BCUT2D eigenvalue weighted by molar-refractivity contribution is -0.140. The van der Waals surface area contributed by atoms with Gasteiger partial charge in [-0.15, -0.1) is 0 Å². The van der Waals surface area contributed by atoms with Gasteiger partial charge in [0.15, 0.2) is 5.78 Å². The summed E-state index contributed by atoms with van der Waals surface area (Å²) in [6.07, 6.45) is 5.28. The van der Waals surface area contributed by atoms with Gasteiger partial charge in [0.25, 0.3) is 0 Å². The fraction of sp³-hybridized carbons (Fsp3) is 0.619. The number of piperidine rings is 3. The van der Waals surface area contributed by atoms with Gasteiger partial charge >= 0.3 is 0 Å². The van der Waals surface area contributed by atoms with Gasteiger partial charge in [0, 0.05) is 48.8 Å². The van der Waals surface area contributed by atoms with Gasteiger partial charge in [-0.25, -0.2) is 0 Å². The van der Waals surface area contributed by atoms with Gasteiger partial charge in [-0.2, -0.15) is 0 Å². The molecule has 25 heavy (non-hydrogen) atoms. The molecule has 0 N–H and O–H groups in total. The third-order valence-corrected chi connectivity index (χ3v) is 7.06. The fourth-order valence-corrected chi connectivity index (χ4v) is 6.12. The molecular formula is C21H26N2O2. The van der Waals surface area contributed by atoms with Crippen LogP contribution in [0.5, 0.6) is 0 Å². The van der Waals surface area contributed by atoms with Crippen LogP contribution >= 0.6 is 0 Å². The van der Waals surface area contributed by atoms with Crippen molar-refractivity contribution < 1.29 is 9.59 Å². The normalized spacial score (nSPS) is 33.0. The zero-order chi connectivity index (χ0) is 17.3. The largest absolute Gasteiger partial charge is 0.367 e. The second-order valence-electron chi connectivity index (χ2n) is 8.40. The Kier molecular flexibility index (Phi) is 3.28. The molecule has 0 bridgehead atoms. The number of hydrogen-bond acceptors (Lipinski definition) is 3. The third-order valence-electron chi connectivity index (χ3n) is 7.06. The van der Waals surface area contributed by atoms with Crippen molar-refractivity contribution in [2.24, 2.45) is 5.92 Å². The van der Waals surface area contributed by atoms with E-state index >= 15 is 0 Å². The van der Waals surface area contributed by atoms with Crippen LogP contribution in [-0.4, -0.2) is 41.8 Å². The fourth-order valence-electron chi connectivity index (χ4n) is 6.12. The number of carbonyl (C=O) groups is 2. The summed E-state index contributed by atoms with van der Waals surface area (Å²) in [5.41, 5.74) is 4.77. The lowest BCUT2D eigenvalue weighted by atomic mass is 9.71. The molecule has 132 valence electrons. The maximum atomic E-state index is 12.6. The maximum Gasteiger partial charge on any atom is 0.222 e. The van der Waals surface area contributed by atoms with E-state index in [0.717, 1.165) is 37.9 Å². The van der Waals surface area contributed by atoms with Crippen molar-refractivity contribution in [3.63, 3.8) is 0 Å². The summed E-state index contributed by atoms with van der Waals surface area (Å²) in [6, 6.07) is 5.07. The van der Waals surface area contributed by atoms with E-state index in [1.807, 2.05) is 0 Å². The number of hydrogen-bond donors (Lipinski definition) is 0. The van der Waals surface area contributed by atoms with Crippen molar-refractivity contribution in [1.29, 1.82) is 0 Å². The Labute approximate surface area is 149 Å². The van der Waals surface area contributed by atoms with Crippen LogP contribution in [0.15, 0.2) is 12.1 Å². The predicted molar refractivity (Wildman–Crippen MR) is 97.1 cm³/mol. The van der Waals surface area contributed by atoms with Gasteiger partial charge in [-0.05, 0) is 68.7 Å². The van der Waals surface area contributed by atoms with Crippen LogP contribution in [0.1, 0.15) is 66.4 Å². The van der Waals surface area contributed by atoms with Crippen LogP contribution in [0.3, 0.4) is 0 Å². The van der Waals surface area contributed by atoms with Gasteiger partial charge in [0.05, 0.1) is 0 Å². The van der Waals surface area contributed by atoms with E-state index < -0.39 is 0 Å². The summed E-state index contributed by atoms with van der Waals surface area (Å²) < 4.78 is 0. The topological polar surface area (TPSA) is 40.6 Å². The predicted octanol–water partition coefficient (Wildman–Crippen LogP) is 3.27. The highest BCUT2D eigenvalue weighted by Crippen LogP contribution is 2.54. The molecular weight excluding hydrogens is 312 g/mol. The van der Waals surface area contributed by atoms with Crippen LogP contribution in [0.2, 0.25) is 0 Å². The molecule has 4 nitrogen and oxygen atoms in total. The second kappa shape index (κ2) is 5.33.